The maximum Gasteiger partial charge on any atom is 0.253 e. The summed E-state index contributed by atoms with van der Waals surface area (Å²) in [5.41, 5.74) is 1.99. The van der Waals surface area contributed by atoms with Crippen LogP contribution in [0.3, 0.4) is 0 Å². The average Bonchev–Trinajstić information content (AvgIpc) is 2.75. The Morgan fingerprint density at radius 3 is 2.39 bits per heavy atom. The van der Waals surface area contributed by atoms with Gasteiger partial charge in [-0.2, -0.15) is 0 Å². The van der Waals surface area contributed by atoms with Gasteiger partial charge in [-0.3, -0.25) is 4.79 Å². The number of nitrogens with one attached hydrogen (secondary N) is 1. The van der Waals surface area contributed by atoms with E-state index in [1.165, 1.54) is 6.42 Å². The number of aliphatic hydroxyl groups is 2. The van der Waals surface area contributed by atoms with Crippen LogP contribution in [-0.2, 0) is 15.8 Å². The van der Waals surface area contributed by atoms with Crippen molar-refractivity contribution in [2.45, 2.75) is 75.7 Å². The van der Waals surface area contributed by atoms with Crippen LogP contribution >= 0.6 is 11.6 Å². The molecule has 1 aromatic rings. The first-order valence-corrected chi connectivity index (χ1v) is 13.2. The van der Waals surface area contributed by atoms with Gasteiger partial charge in [0.05, 0.1) is 35.5 Å². The standard InChI is InChI=1S/C24H37ClN2O5S/c1-24(2,3)33(31)26-22(16-8-10-27(11-9-16)23(30)20(29)14-28)18-12-19(25)17(13-21(18)32-4)15-6-5-7-15/h12-13,15-16,20,22,26,28-29H,5-11,14H2,1-4H3/t20-,22-,33+/m1/s1. The molecule has 33 heavy (non-hydrogen) atoms. The number of carbonyl (C=O) groups is 1. The van der Waals surface area contributed by atoms with Gasteiger partial charge in [-0.1, -0.05) is 18.0 Å². The third-order valence-electron chi connectivity index (χ3n) is 6.80. The van der Waals surface area contributed by atoms with Crippen molar-refractivity contribution in [3.63, 3.8) is 0 Å². The molecule has 1 aliphatic heterocycles. The smallest absolute Gasteiger partial charge is 0.253 e. The molecule has 0 radical (unpaired) electrons. The van der Waals surface area contributed by atoms with Crippen molar-refractivity contribution in [3.8, 4) is 5.75 Å². The third kappa shape index (κ3) is 6.09. The summed E-state index contributed by atoms with van der Waals surface area (Å²) in [6.07, 6.45) is 3.40. The average molecular weight is 501 g/mol. The van der Waals surface area contributed by atoms with Crippen molar-refractivity contribution in [3.05, 3.63) is 28.3 Å². The van der Waals surface area contributed by atoms with Crippen LogP contribution in [0.5, 0.6) is 5.75 Å². The van der Waals surface area contributed by atoms with E-state index in [4.69, 9.17) is 21.4 Å². The molecule has 2 fully saturated rings. The molecule has 2 aliphatic rings. The summed E-state index contributed by atoms with van der Waals surface area (Å²) in [6.45, 7) is 6.10. The maximum atomic E-state index is 13.1. The van der Waals surface area contributed by atoms with Crippen LogP contribution in [0, 0.1) is 5.92 Å². The van der Waals surface area contributed by atoms with Gasteiger partial charge in [0.2, 0.25) is 0 Å². The lowest BCUT2D eigenvalue weighted by Crippen LogP contribution is -2.47. The van der Waals surface area contributed by atoms with Gasteiger partial charge in [0, 0.05) is 23.7 Å². The normalized spacial score (nSPS) is 20.8. The molecule has 1 saturated carbocycles. The Labute approximate surface area is 204 Å². The quantitative estimate of drug-likeness (QED) is 0.508. The predicted octanol–water partition coefficient (Wildman–Crippen LogP) is 3.30. The van der Waals surface area contributed by atoms with E-state index in [2.05, 4.69) is 4.72 Å². The molecule has 0 unspecified atom stereocenters. The Bertz CT molecular complexity index is 863. The van der Waals surface area contributed by atoms with Crippen LogP contribution < -0.4 is 9.46 Å². The molecule has 1 aliphatic carbocycles. The molecule has 1 aromatic carbocycles. The topological polar surface area (TPSA) is 99.1 Å². The number of nitrogens with zero attached hydrogens (tertiary/aromatic N) is 1. The van der Waals surface area contributed by atoms with E-state index < -0.39 is 34.4 Å². The van der Waals surface area contributed by atoms with Crippen molar-refractivity contribution in [1.82, 2.24) is 9.62 Å². The summed E-state index contributed by atoms with van der Waals surface area (Å²) >= 11 is 6.73. The second kappa shape index (κ2) is 11.0. The molecule has 0 aromatic heterocycles. The Hall–Kier alpha value is -1.19. The number of benzene rings is 1. The molecule has 3 atom stereocenters. The first kappa shape index (κ1) is 26.4. The number of rotatable bonds is 8. The van der Waals surface area contributed by atoms with E-state index in [0.29, 0.717) is 36.9 Å². The Kier molecular flexibility index (Phi) is 8.83. The zero-order valence-corrected chi connectivity index (χ0v) is 21.5. The second-order valence-electron chi connectivity index (χ2n) is 10.1. The Morgan fingerprint density at radius 2 is 1.91 bits per heavy atom. The zero-order valence-electron chi connectivity index (χ0n) is 20.0. The number of likely N-dealkylation sites (tertiary alicyclic amines) is 1. The monoisotopic (exact) mass is 500 g/mol. The number of aliphatic hydroxyl groups excluding tert-OH is 2. The molecule has 1 amide bonds. The number of halogens is 1. The first-order chi connectivity index (χ1) is 15.6. The molecule has 1 heterocycles. The number of carbonyl (C=O) groups excluding carboxylic acids is 1. The molecule has 3 rings (SSSR count). The van der Waals surface area contributed by atoms with E-state index in [1.54, 1.807) is 12.0 Å². The molecule has 9 heteroatoms. The minimum absolute atomic E-state index is 0.0890. The van der Waals surface area contributed by atoms with Crippen LogP contribution in [0.25, 0.3) is 0 Å². The minimum Gasteiger partial charge on any atom is -0.496 e. The molecule has 7 nitrogen and oxygen atoms in total. The number of hydrogen-bond donors (Lipinski definition) is 3. The summed E-state index contributed by atoms with van der Waals surface area (Å²) in [5, 5.41) is 19.5. The van der Waals surface area contributed by atoms with E-state index in [0.717, 1.165) is 29.7 Å². The van der Waals surface area contributed by atoms with Gasteiger partial charge in [-0.15, -0.1) is 0 Å². The highest BCUT2D eigenvalue weighted by atomic mass is 35.5. The van der Waals surface area contributed by atoms with Gasteiger partial charge >= 0.3 is 0 Å². The molecule has 0 spiro atoms. The lowest BCUT2D eigenvalue weighted by Gasteiger charge is -2.38. The van der Waals surface area contributed by atoms with Crippen LogP contribution in [0.1, 0.15) is 76.0 Å². The highest BCUT2D eigenvalue weighted by Gasteiger charge is 2.36. The van der Waals surface area contributed by atoms with Crippen LogP contribution in [0.15, 0.2) is 12.1 Å². The van der Waals surface area contributed by atoms with E-state index in [1.807, 2.05) is 32.9 Å². The Balaban J connectivity index is 1.89. The van der Waals surface area contributed by atoms with Crippen LogP contribution in [-0.4, -0.2) is 62.9 Å². The lowest BCUT2D eigenvalue weighted by atomic mass is 9.78. The summed E-state index contributed by atoms with van der Waals surface area (Å²) in [4.78, 5) is 13.9. The first-order valence-electron chi connectivity index (χ1n) is 11.7. The van der Waals surface area contributed by atoms with E-state index in [9.17, 15) is 14.1 Å². The number of methoxy groups -OCH3 is 1. The fraction of sp³-hybridized carbons (Fsp3) is 0.708. The minimum atomic E-state index is -1.39. The van der Waals surface area contributed by atoms with Gasteiger partial charge in [-0.25, -0.2) is 8.93 Å². The maximum absolute atomic E-state index is 13.1. The van der Waals surface area contributed by atoms with Crippen molar-refractivity contribution in [2.24, 2.45) is 5.92 Å². The zero-order chi connectivity index (χ0) is 24.3. The molecule has 1 saturated heterocycles. The number of ether oxygens (including phenoxy) is 1. The fourth-order valence-corrected chi connectivity index (χ4v) is 5.71. The van der Waals surface area contributed by atoms with Crippen molar-refractivity contribution >= 4 is 28.5 Å². The van der Waals surface area contributed by atoms with Gasteiger partial charge in [0.25, 0.3) is 5.91 Å². The SMILES string of the molecule is COc1cc(C2CCC2)c(Cl)cc1[C@H](N[S@@](=O)C(C)(C)C)C1CCN(C(=O)[C@H](O)CO)CC1. The van der Waals surface area contributed by atoms with Gasteiger partial charge in [0.1, 0.15) is 5.75 Å². The molecule has 186 valence electrons. The largest absolute Gasteiger partial charge is 0.496 e. The molecular weight excluding hydrogens is 464 g/mol. The van der Waals surface area contributed by atoms with Crippen molar-refractivity contribution in [1.29, 1.82) is 0 Å². The molecule has 0 bridgehead atoms. The van der Waals surface area contributed by atoms with Crippen LogP contribution in [0.2, 0.25) is 5.02 Å². The molecular formula is C24H37ClN2O5S. The number of hydrogen-bond acceptors (Lipinski definition) is 5. The van der Waals surface area contributed by atoms with Gasteiger partial charge in [0.15, 0.2) is 6.10 Å². The van der Waals surface area contributed by atoms with E-state index >= 15 is 0 Å². The van der Waals surface area contributed by atoms with Crippen molar-refractivity contribution in [2.75, 3.05) is 26.8 Å². The summed E-state index contributed by atoms with van der Waals surface area (Å²) in [6, 6.07) is 3.72. The fourth-order valence-electron chi connectivity index (χ4n) is 4.48. The third-order valence-corrected chi connectivity index (χ3v) is 8.71. The van der Waals surface area contributed by atoms with Crippen molar-refractivity contribution < 1.29 is 24.0 Å². The summed E-state index contributed by atoms with van der Waals surface area (Å²) in [5.74, 6) is 0.831. The molecule has 3 N–H and O–H groups in total. The second-order valence-corrected chi connectivity index (χ2v) is 12.5. The van der Waals surface area contributed by atoms with E-state index in [-0.39, 0.29) is 12.0 Å². The van der Waals surface area contributed by atoms with Gasteiger partial charge in [-0.05, 0) is 76.0 Å². The van der Waals surface area contributed by atoms with Gasteiger partial charge < -0.3 is 19.8 Å². The highest BCUT2D eigenvalue weighted by molar-refractivity contribution is 7.84. The lowest BCUT2D eigenvalue weighted by molar-refractivity contribution is -0.143. The predicted molar refractivity (Wildman–Crippen MR) is 131 cm³/mol. The Morgan fingerprint density at radius 1 is 1.27 bits per heavy atom. The number of amides is 1. The summed E-state index contributed by atoms with van der Waals surface area (Å²) < 4.78 is 21.8. The van der Waals surface area contributed by atoms with Crippen LogP contribution in [0.4, 0.5) is 0 Å². The number of piperidine rings is 1. The summed E-state index contributed by atoms with van der Waals surface area (Å²) in [7, 11) is 0.326. The highest BCUT2D eigenvalue weighted by Crippen LogP contribution is 2.45.